The molecular weight excluding hydrogens is 246 g/mol. The van der Waals surface area contributed by atoms with Crippen LogP contribution in [0.3, 0.4) is 0 Å². The van der Waals surface area contributed by atoms with Crippen LogP contribution in [0, 0.1) is 11.6 Å². The van der Waals surface area contributed by atoms with Gasteiger partial charge in [0.25, 0.3) is 0 Å². The van der Waals surface area contributed by atoms with E-state index in [9.17, 15) is 8.78 Å². The molecule has 0 amide bonds. The molecule has 2 N–H and O–H groups in total. The van der Waals surface area contributed by atoms with Crippen molar-refractivity contribution in [3.8, 4) is 0 Å². The largest absolute Gasteiger partial charge is 0.324 e. The first-order valence-electron chi connectivity index (χ1n) is 6.24. The molecule has 2 rings (SSSR count). The molecule has 1 heterocycles. The molecule has 0 aliphatic rings. The standard InChI is InChI=1S/C15H16F2N2/c1-2-10-3-5-12(19-9-10)8-15(18)11-4-6-13(16)14(17)7-11/h3-7,9,15H,2,8,18H2,1H3. The zero-order chi connectivity index (χ0) is 13.8. The van der Waals surface area contributed by atoms with Crippen LogP contribution in [0.1, 0.15) is 29.8 Å². The molecule has 100 valence electrons. The first-order chi connectivity index (χ1) is 9.10. The lowest BCUT2D eigenvalue weighted by atomic mass is 10.0. The maximum Gasteiger partial charge on any atom is 0.159 e. The van der Waals surface area contributed by atoms with Crippen molar-refractivity contribution in [1.29, 1.82) is 0 Å². The van der Waals surface area contributed by atoms with Crippen LogP contribution in [0.25, 0.3) is 0 Å². The quantitative estimate of drug-likeness (QED) is 0.919. The fourth-order valence-corrected chi connectivity index (χ4v) is 1.87. The number of rotatable bonds is 4. The number of nitrogens with zero attached hydrogens (tertiary/aromatic N) is 1. The second-order valence-corrected chi connectivity index (χ2v) is 4.50. The SMILES string of the molecule is CCc1ccc(CC(N)c2ccc(F)c(F)c2)nc1. The lowest BCUT2D eigenvalue weighted by molar-refractivity contribution is 0.505. The summed E-state index contributed by atoms with van der Waals surface area (Å²) < 4.78 is 26.0. The maximum atomic E-state index is 13.1. The predicted molar refractivity (Wildman–Crippen MR) is 70.6 cm³/mol. The molecule has 0 bridgehead atoms. The topological polar surface area (TPSA) is 38.9 Å². The highest BCUT2D eigenvalue weighted by atomic mass is 19.2. The molecule has 4 heteroatoms. The monoisotopic (exact) mass is 262 g/mol. The average Bonchev–Trinajstić information content (AvgIpc) is 2.42. The van der Waals surface area contributed by atoms with Gasteiger partial charge in [0.15, 0.2) is 11.6 Å². The number of hydrogen-bond donors (Lipinski definition) is 1. The van der Waals surface area contributed by atoms with E-state index in [4.69, 9.17) is 5.73 Å². The minimum atomic E-state index is -0.873. The van der Waals surface area contributed by atoms with Crippen LogP contribution in [0.4, 0.5) is 8.78 Å². The smallest absolute Gasteiger partial charge is 0.159 e. The summed E-state index contributed by atoms with van der Waals surface area (Å²) in [5.74, 6) is -1.73. The van der Waals surface area contributed by atoms with Gasteiger partial charge in [-0.05, 0) is 35.7 Å². The zero-order valence-corrected chi connectivity index (χ0v) is 10.7. The molecule has 0 fully saturated rings. The molecule has 1 unspecified atom stereocenters. The van der Waals surface area contributed by atoms with E-state index in [1.165, 1.54) is 6.07 Å². The van der Waals surface area contributed by atoms with Crippen molar-refractivity contribution in [2.75, 3.05) is 0 Å². The Hall–Kier alpha value is -1.81. The summed E-state index contributed by atoms with van der Waals surface area (Å²) in [5.41, 5.74) is 8.56. The van der Waals surface area contributed by atoms with Crippen molar-refractivity contribution in [2.45, 2.75) is 25.8 Å². The normalized spacial score (nSPS) is 12.4. The second kappa shape index (κ2) is 5.89. The maximum absolute atomic E-state index is 13.1. The number of aryl methyl sites for hydroxylation is 1. The van der Waals surface area contributed by atoms with Crippen LogP contribution in [-0.2, 0) is 12.8 Å². The molecule has 2 nitrogen and oxygen atoms in total. The second-order valence-electron chi connectivity index (χ2n) is 4.50. The van der Waals surface area contributed by atoms with E-state index in [0.717, 1.165) is 29.8 Å². The van der Waals surface area contributed by atoms with Crippen molar-refractivity contribution in [3.05, 3.63) is 65.0 Å². The summed E-state index contributed by atoms with van der Waals surface area (Å²) in [6, 6.07) is 7.26. The third kappa shape index (κ3) is 3.35. The van der Waals surface area contributed by atoms with Gasteiger partial charge in [0.1, 0.15) is 0 Å². The minimum absolute atomic E-state index is 0.393. The molecule has 1 aromatic heterocycles. The van der Waals surface area contributed by atoms with Gasteiger partial charge in [-0.3, -0.25) is 4.98 Å². The highest BCUT2D eigenvalue weighted by Gasteiger charge is 2.11. The Morgan fingerprint density at radius 1 is 1.16 bits per heavy atom. The third-order valence-electron chi connectivity index (χ3n) is 3.10. The molecule has 0 aliphatic heterocycles. The van der Waals surface area contributed by atoms with E-state index >= 15 is 0 Å². The van der Waals surface area contributed by atoms with Crippen LogP contribution in [0.15, 0.2) is 36.5 Å². The fraction of sp³-hybridized carbons (Fsp3) is 0.267. The molecule has 2 aromatic rings. The van der Waals surface area contributed by atoms with Crippen molar-refractivity contribution >= 4 is 0 Å². The zero-order valence-electron chi connectivity index (χ0n) is 10.7. The summed E-state index contributed by atoms with van der Waals surface area (Å²) in [4.78, 5) is 4.31. The number of benzene rings is 1. The van der Waals surface area contributed by atoms with Gasteiger partial charge < -0.3 is 5.73 Å². The summed E-state index contributed by atoms with van der Waals surface area (Å²) in [6.07, 6.45) is 3.24. The Morgan fingerprint density at radius 2 is 1.95 bits per heavy atom. The highest BCUT2D eigenvalue weighted by molar-refractivity contribution is 5.23. The number of pyridine rings is 1. The van der Waals surface area contributed by atoms with Crippen molar-refractivity contribution < 1.29 is 8.78 Å². The van der Waals surface area contributed by atoms with Gasteiger partial charge in [0.2, 0.25) is 0 Å². The lowest BCUT2D eigenvalue weighted by Crippen LogP contribution is -2.14. The Labute approximate surface area is 111 Å². The Morgan fingerprint density at radius 3 is 2.53 bits per heavy atom. The van der Waals surface area contributed by atoms with E-state index in [-0.39, 0.29) is 0 Å². The molecular formula is C15H16F2N2. The summed E-state index contributed by atoms with van der Waals surface area (Å²) >= 11 is 0. The van der Waals surface area contributed by atoms with E-state index in [1.807, 2.05) is 18.3 Å². The van der Waals surface area contributed by atoms with Crippen LogP contribution < -0.4 is 5.73 Å². The molecule has 19 heavy (non-hydrogen) atoms. The van der Waals surface area contributed by atoms with E-state index in [1.54, 1.807) is 0 Å². The lowest BCUT2D eigenvalue weighted by Gasteiger charge is -2.12. The molecule has 1 aromatic carbocycles. The number of aromatic nitrogens is 1. The van der Waals surface area contributed by atoms with Gasteiger partial charge >= 0.3 is 0 Å². The predicted octanol–water partition coefficient (Wildman–Crippen LogP) is 3.16. The Balaban J connectivity index is 2.10. The van der Waals surface area contributed by atoms with Gasteiger partial charge in [-0.2, -0.15) is 0 Å². The molecule has 0 radical (unpaired) electrons. The van der Waals surface area contributed by atoms with Crippen molar-refractivity contribution in [1.82, 2.24) is 4.98 Å². The van der Waals surface area contributed by atoms with Gasteiger partial charge in [0, 0.05) is 24.4 Å². The number of halogens is 2. The molecule has 0 spiro atoms. The number of nitrogens with two attached hydrogens (primary N) is 1. The summed E-state index contributed by atoms with van der Waals surface area (Å²) in [7, 11) is 0. The van der Waals surface area contributed by atoms with Crippen molar-refractivity contribution in [2.24, 2.45) is 5.73 Å². The molecule has 0 saturated heterocycles. The minimum Gasteiger partial charge on any atom is -0.324 e. The van der Waals surface area contributed by atoms with Crippen LogP contribution in [0.5, 0.6) is 0 Å². The molecule has 0 saturated carbocycles. The van der Waals surface area contributed by atoms with Crippen LogP contribution in [-0.4, -0.2) is 4.98 Å². The first-order valence-corrected chi connectivity index (χ1v) is 6.24. The van der Waals surface area contributed by atoms with Crippen LogP contribution in [0.2, 0.25) is 0 Å². The molecule has 0 aliphatic carbocycles. The summed E-state index contributed by atoms with van der Waals surface area (Å²) in [5, 5.41) is 0. The van der Waals surface area contributed by atoms with Gasteiger partial charge in [-0.1, -0.05) is 19.1 Å². The first kappa shape index (κ1) is 13.6. The van der Waals surface area contributed by atoms with E-state index < -0.39 is 17.7 Å². The Bertz CT molecular complexity index is 553. The average molecular weight is 262 g/mol. The highest BCUT2D eigenvalue weighted by Crippen LogP contribution is 2.18. The van der Waals surface area contributed by atoms with Gasteiger partial charge in [-0.25, -0.2) is 8.78 Å². The van der Waals surface area contributed by atoms with Crippen LogP contribution >= 0.6 is 0 Å². The summed E-state index contributed by atoms with van der Waals surface area (Å²) in [6.45, 7) is 2.06. The molecule has 1 atom stereocenters. The van der Waals surface area contributed by atoms with Crippen molar-refractivity contribution in [3.63, 3.8) is 0 Å². The van der Waals surface area contributed by atoms with E-state index in [2.05, 4.69) is 11.9 Å². The number of hydrogen-bond acceptors (Lipinski definition) is 2. The van der Waals surface area contributed by atoms with Gasteiger partial charge in [-0.15, -0.1) is 0 Å². The fourth-order valence-electron chi connectivity index (χ4n) is 1.87. The van der Waals surface area contributed by atoms with Gasteiger partial charge in [0.05, 0.1) is 0 Å². The van der Waals surface area contributed by atoms with E-state index in [0.29, 0.717) is 12.0 Å². The third-order valence-corrected chi connectivity index (χ3v) is 3.10. The Kier molecular flexibility index (Phi) is 4.22.